The highest BCUT2D eigenvalue weighted by Crippen LogP contribution is 2.40. The SMILES string of the molecule is C=CC=N/C(=C\N)c1ccc(C2CCC2)c(CCc2cccc(F)c2)c1F. The standard InChI is InChI=1S/C23H24F2N2/c1-2-13-27-22(15-26)21-12-11-19(17-6-4-7-17)20(23(21)25)10-9-16-5-3-8-18(24)14-16/h2-3,5,8,11-15,17H,1,4,6-7,9-10,26H2/b22-15-,27-13?. The Bertz CT molecular complexity index is 880. The monoisotopic (exact) mass is 366 g/mol. The molecule has 2 nitrogen and oxygen atoms in total. The second kappa shape index (κ2) is 8.76. The minimum atomic E-state index is -0.284. The number of aliphatic imine (C=N–C) groups is 1. The molecule has 4 heteroatoms. The van der Waals surface area contributed by atoms with Gasteiger partial charge in [0.1, 0.15) is 11.6 Å². The van der Waals surface area contributed by atoms with Gasteiger partial charge in [0.25, 0.3) is 0 Å². The van der Waals surface area contributed by atoms with Crippen LogP contribution in [0.1, 0.15) is 47.4 Å². The minimum Gasteiger partial charge on any atom is -0.403 e. The summed E-state index contributed by atoms with van der Waals surface area (Å²) in [6.45, 7) is 3.58. The molecule has 2 aromatic rings. The van der Waals surface area contributed by atoms with Gasteiger partial charge in [-0.05, 0) is 66.5 Å². The molecule has 0 atom stereocenters. The Hall–Kier alpha value is -2.75. The van der Waals surface area contributed by atoms with Crippen molar-refractivity contribution in [2.45, 2.75) is 38.0 Å². The van der Waals surface area contributed by atoms with E-state index in [-0.39, 0.29) is 11.6 Å². The molecule has 0 unspecified atom stereocenters. The van der Waals surface area contributed by atoms with Crippen molar-refractivity contribution in [1.29, 1.82) is 0 Å². The van der Waals surface area contributed by atoms with E-state index in [0.29, 0.717) is 35.6 Å². The van der Waals surface area contributed by atoms with Crippen LogP contribution in [0.4, 0.5) is 8.78 Å². The molecular weight excluding hydrogens is 342 g/mol. The predicted molar refractivity (Wildman–Crippen MR) is 108 cm³/mol. The summed E-state index contributed by atoms with van der Waals surface area (Å²) in [5.74, 6) is -0.153. The Morgan fingerprint density at radius 3 is 2.63 bits per heavy atom. The maximum Gasteiger partial charge on any atom is 0.136 e. The fraction of sp³-hybridized carbons (Fsp3) is 0.261. The first-order valence-corrected chi connectivity index (χ1v) is 9.27. The van der Waals surface area contributed by atoms with Crippen LogP contribution in [-0.4, -0.2) is 6.21 Å². The van der Waals surface area contributed by atoms with Crippen LogP contribution in [0.3, 0.4) is 0 Å². The average Bonchev–Trinajstić information content (AvgIpc) is 2.62. The van der Waals surface area contributed by atoms with Gasteiger partial charge in [0.05, 0.1) is 5.70 Å². The summed E-state index contributed by atoms with van der Waals surface area (Å²) < 4.78 is 28.9. The molecule has 2 N–H and O–H groups in total. The van der Waals surface area contributed by atoms with Crippen molar-refractivity contribution in [2.24, 2.45) is 10.7 Å². The Kier molecular flexibility index (Phi) is 6.17. The molecule has 27 heavy (non-hydrogen) atoms. The normalized spacial score (nSPS) is 15.1. The molecule has 1 aliphatic rings. The van der Waals surface area contributed by atoms with Crippen molar-refractivity contribution >= 4 is 11.9 Å². The van der Waals surface area contributed by atoms with Crippen molar-refractivity contribution in [2.75, 3.05) is 0 Å². The molecule has 0 saturated heterocycles. The van der Waals surface area contributed by atoms with Gasteiger partial charge >= 0.3 is 0 Å². The van der Waals surface area contributed by atoms with Crippen molar-refractivity contribution in [3.05, 3.63) is 89.1 Å². The molecule has 0 aliphatic heterocycles. The summed E-state index contributed by atoms with van der Waals surface area (Å²) in [6, 6.07) is 10.2. The number of nitrogens with two attached hydrogens (primary N) is 1. The van der Waals surface area contributed by atoms with Gasteiger partial charge in [0.15, 0.2) is 0 Å². The Labute approximate surface area is 159 Å². The van der Waals surface area contributed by atoms with E-state index in [1.165, 1.54) is 37.0 Å². The highest BCUT2D eigenvalue weighted by molar-refractivity contribution is 5.79. The van der Waals surface area contributed by atoms with Crippen LogP contribution in [0.5, 0.6) is 0 Å². The van der Waals surface area contributed by atoms with Crippen molar-refractivity contribution in [3.63, 3.8) is 0 Å². The summed E-state index contributed by atoms with van der Waals surface area (Å²) in [5, 5.41) is 0. The largest absolute Gasteiger partial charge is 0.403 e. The van der Waals surface area contributed by atoms with E-state index < -0.39 is 0 Å². The molecule has 0 heterocycles. The maximum atomic E-state index is 15.4. The van der Waals surface area contributed by atoms with Crippen LogP contribution in [0, 0.1) is 11.6 Å². The van der Waals surface area contributed by atoms with Crippen LogP contribution in [0.25, 0.3) is 5.70 Å². The first kappa shape index (κ1) is 19.0. The fourth-order valence-electron chi connectivity index (χ4n) is 3.49. The number of nitrogens with zero attached hydrogens (tertiary/aromatic N) is 1. The van der Waals surface area contributed by atoms with Crippen LogP contribution in [0.2, 0.25) is 0 Å². The quantitative estimate of drug-likeness (QED) is 0.643. The lowest BCUT2D eigenvalue weighted by Crippen LogP contribution is -2.14. The summed E-state index contributed by atoms with van der Waals surface area (Å²) in [5.41, 5.74) is 9.03. The predicted octanol–water partition coefficient (Wildman–Crippen LogP) is 5.53. The number of allylic oxidation sites excluding steroid dienone is 1. The van der Waals surface area contributed by atoms with Gasteiger partial charge in [-0.15, -0.1) is 0 Å². The number of benzene rings is 2. The molecule has 1 saturated carbocycles. The highest BCUT2D eigenvalue weighted by atomic mass is 19.1. The van der Waals surface area contributed by atoms with Crippen molar-refractivity contribution in [3.8, 4) is 0 Å². The van der Waals surface area contributed by atoms with Crippen LogP contribution < -0.4 is 5.73 Å². The molecule has 0 spiro atoms. The topological polar surface area (TPSA) is 38.4 Å². The molecule has 0 radical (unpaired) electrons. The number of halogens is 2. The lowest BCUT2D eigenvalue weighted by molar-refractivity contribution is 0.414. The molecule has 2 aromatic carbocycles. The number of rotatable bonds is 7. The molecule has 0 aromatic heterocycles. The van der Waals surface area contributed by atoms with E-state index >= 15 is 4.39 Å². The van der Waals surface area contributed by atoms with E-state index in [1.807, 2.05) is 12.1 Å². The van der Waals surface area contributed by atoms with Crippen LogP contribution in [-0.2, 0) is 12.8 Å². The van der Waals surface area contributed by atoms with Gasteiger partial charge in [-0.1, -0.05) is 37.3 Å². The third-order valence-corrected chi connectivity index (χ3v) is 5.13. The van der Waals surface area contributed by atoms with Crippen molar-refractivity contribution < 1.29 is 8.78 Å². The Morgan fingerprint density at radius 1 is 1.19 bits per heavy atom. The van der Waals surface area contributed by atoms with Crippen LogP contribution >= 0.6 is 0 Å². The zero-order chi connectivity index (χ0) is 19.2. The summed E-state index contributed by atoms with van der Waals surface area (Å²) in [4.78, 5) is 4.17. The Balaban J connectivity index is 1.96. The minimum absolute atomic E-state index is 0.270. The van der Waals surface area contributed by atoms with Crippen LogP contribution in [0.15, 0.2) is 60.2 Å². The van der Waals surface area contributed by atoms with Gasteiger partial charge in [0.2, 0.25) is 0 Å². The van der Waals surface area contributed by atoms with Gasteiger partial charge in [-0.2, -0.15) is 0 Å². The third-order valence-electron chi connectivity index (χ3n) is 5.13. The third kappa shape index (κ3) is 4.33. The first-order valence-electron chi connectivity index (χ1n) is 9.27. The van der Waals surface area contributed by atoms with E-state index in [9.17, 15) is 4.39 Å². The van der Waals surface area contributed by atoms with Gasteiger partial charge in [0, 0.05) is 18.0 Å². The molecule has 140 valence electrons. The molecule has 0 amide bonds. The van der Waals surface area contributed by atoms with Crippen molar-refractivity contribution in [1.82, 2.24) is 0 Å². The zero-order valence-corrected chi connectivity index (χ0v) is 15.3. The fourth-order valence-corrected chi connectivity index (χ4v) is 3.49. The van der Waals surface area contributed by atoms with E-state index in [2.05, 4.69) is 11.6 Å². The number of hydrogen-bond donors (Lipinski definition) is 1. The van der Waals surface area contributed by atoms with Gasteiger partial charge in [-0.25, -0.2) is 8.78 Å². The number of hydrogen-bond acceptors (Lipinski definition) is 2. The molecule has 3 rings (SSSR count). The molecular formula is C23H24F2N2. The van der Waals surface area contributed by atoms with E-state index in [1.54, 1.807) is 12.1 Å². The molecule has 1 fully saturated rings. The van der Waals surface area contributed by atoms with E-state index in [4.69, 9.17) is 5.73 Å². The lowest BCUT2D eigenvalue weighted by Gasteiger charge is -2.29. The smallest absolute Gasteiger partial charge is 0.136 e. The van der Waals surface area contributed by atoms with Gasteiger partial charge in [-0.3, -0.25) is 4.99 Å². The first-order chi connectivity index (χ1) is 13.1. The average molecular weight is 366 g/mol. The summed E-state index contributed by atoms with van der Waals surface area (Å²) in [6.07, 6.45) is 8.75. The van der Waals surface area contributed by atoms with Gasteiger partial charge < -0.3 is 5.73 Å². The lowest BCUT2D eigenvalue weighted by atomic mass is 9.77. The molecule has 0 bridgehead atoms. The zero-order valence-electron chi connectivity index (χ0n) is 15.3. The van der Waals surface area contributed by atoms with E-state index in [0.717, 1.165) is 24.0 Å². The Morgan fingerprint density at radius 2 is 2.00 bits per heavy atom. The second-order valence-electron chi connectivity index (χ2n) is 6.82. The molecule has 1 aliphatic carbocycles. The second-order valence-corrected chi connectivity index (χ2v) is 6.82. The number of aryl methyl sites for hydroxylation is 1. The maximum absolute atomic E-state index is 15.4. The summed E-state index contributed by atoms with van der Waals surface area (Å²) >= 11 is 0. The highest BCUT2D eigenvalue weighted by Gasteiger charge is 2.25. The summed E-state index contributed by atoms with van der Waals surface area (Å²) in [7, 11) is 0.